The molecule has 2 rings (SSSR count). The van der Waals surface area contributed by atoms with Gasteiger partial charge in [-0.05, 0) is 0 Å². The van der Waals surface area contributed by atoms with Crippen molar-refractivity contribution in [2.75, 3.05) is 33.0 Å². The number of hydrogen-bond donors (Lipinski definition) is 1. The smallest absolute Gasteiger partial charge is 0.295 e. The van der Waals surface area contributed by atoms with Gasteiger partial charge in [0.1, 0.15) is 13.1 Å². The Bertz CT molecular complexity index is 385. The molecule has 8 nitrogen and oxygen atoms in total. The highest BCUT2D eigenvalue weighted by molar-refractivity contribution is 5.74. The van der Waals surface area contributed by atoms with Gasteiger partial charge in [0.25, 0.3) is 0 Å². The van der Waals surface area contributed by atoms with Crippen molar-refractivity contribution >= 4 is 11.8 Å². The Morgan fingerprint density at radius 3 is 1.94 bits per heavy atom. The molecule has 0 aliphatic carbocycles. The molecule has 0 saturated carbocycles. The second kappa shape index (κ2) is 4.20. The lowest BCUT2D eigenvalue weighted by atomic mass is 9.93. The molecule has 0 atom stereocenters. The quantitative estimate of drug-likeness (QED) is 0.416. The van der Waals surface area contributed by atoms with E-state index in [9.17, 15) is 19.7 Å². The molecule has 0 unspecified atom stereocenters. The second-order valence-corrected chi connectivity index (χ2v) is 5.16. The van der Waals surface area contributed by atoms with Gasteiger partial charge in [-0.3, -0.25) is 34.4 Å². The van der Waals surface area contributed by atoms with Crippen molar-refractivity contribution in [3.05, 3.63) is 10.1 Å². The minimum atomic E-state index is -1.22. The number of nitrogens with zero attached hydrogens (tertiary/aromatic N) is 3. The van der Waals surface area contributed by atoms with Crippen molar-refractivity contribution in [3.63, 3.8) is 0 Å². The van der Waals surface area contributed by atoms with Crippen LogP contribution in [0.15, 0.2) is 0 Å². The van der Waals surface area contributed by atoms with Gasteiger partial charge in [0, 0.05) is 18.8 Å². The monoisotopic (exact) mass is 257 g/mol. The molecule has 0 aromatic heterocycles. The summed E-state index contributed by atoms with van der Waals surface area (Å²) in [6.07, 6.45) is 0. The van der Waals surface area contributed by atoms with Gasteiger partial charge in [0.15, 0.2) is 19.9 Å². The summed E-state index contributed by atoms with van der Waals surface area (Å²) in [6.45, 7) is 4.22. The Balaban J connectivity index is 2.28. The number of nitrogens with one attached hydrogen (secondary N) is 1. The van der Waals surface area contributed by atoms with Crippen molar-refractivity contribution in [2.45, 2.75) is 19.4 Å². The lowest BCUT2D eigenvalue weighted by Crippen LogP contribution is -3.21. The number of quaternary nitrogens is 1. The Labute approximate surface area is 104 Å². The summed E-state index contributed by atoms with van der Waals surface area (Å²) in [6, 6.07) is 0. The molecule has 18 heavy (non-hydrogen) atoms. The van der Waals surface area contributed by atoms with Gasteiger partial charge < -0.3 is 0 Å². The van der Waals surface area contributed by atoms with Gasteiger partial charge in [-0.25, -0.2) is 0 Å². The van der Waals surface area contributed by atoms with Crippen LogP contribution < -0.4 is 4.90 Å². The van der Waals surface area contributed by atoms with Crippen LogP contribution in [0.1, 0.15) is 13.8 Å². The number of amides is 2. The summed E-state index contributed by atoms with van der Waals surface area (Å²) in [5.74, 6) is -0.315. The lowest BCUT2D eigenvalue weighted by molar-refractivity contribution is -0.951. The minimum absolute atomic E-state index is 0.0859. The zero-order valence-corrected chi connectivity index (χ0v) is 10.5. The Morgan fingerprint density at radius 1 is 1.17 bits per heavy atom. The van der Waals surface area contributed by atoms with Gasteiger partial charge in [-0.1, -0.05) is 0 Å². The van der Waals surface area contributed by atoms with Crippen LogP contribution in [-0.2, 0) is 9.59 Å². The third-order valence-electron chi connectivity index (χ3n) is 3.66. The lowest BCUT2D eigenvalue weighted by Gasteiger charge is -2.46. The summed E-state index contributed by atoms with van der Waals surface area (Å²) in [4.78, 5) is 37.7. The van der Waals surface area contributed by atoms with Crippen LogP contribution in [0, 0.1) is 10.1 Å². The number of nitro groups is 1. The highest BCUT2D eigenvalue weighted by Crippen LogP contribution is 2.18. The van der Waals surface area contributed by atoms with Gasteiger partial charge in [-0.2, -0.15) is 0 Å². The zero-order chi connectivity index (χ0) is 13.5. The highest BCUT2D eigenvalue weighted by atomic mass is 16.6. The average Bonchev–Trinajstić information content (AvgIpc) is 2.27. The first-order chi connectivity index (χ1) is 8.34. The van der Waals surface area contributed by atoms with E-state index in [1.807, 2.05) is 0 Å². The molecule has 0 aromatic rings. The van der Waals surface area contributed by atoms with E-state index in [0.717, 1.165) is 4.90 Å². The molecule has 1 N–H and O–H groups in total. The van der Waals surface area contributed by atoms with E-state index in [4.69, 9.17) is 0 Å². The fourth-order valence-electron chi connectivity index (χ4n) is 2.78. The van der Waals surface area contributed by atoms with Crippen molar-refractivity contribution in [1.29, 1.82) is 0 Å². The Morgan fingerprint density at radius 2 is 1.61 bits per heavy atom. The molecule has 2 heterocycles. The van der Waals surface area contributed by atoms with Crippen molar-refractivity contribution in [1.82, 2.24) is 9.80 Å². The first-order valence-corrected chi connectivity index (χ1v) is 5.83. The summed E-state index contributed by atoms with van der Waals surface area (Å²) < 4.78 is 0. The molecule has 2 aliphatic rings. The van der Waals surface area contributed by atoms with E-state index in [1.165, 1.54) is 23.6 Å². The topological polar surface area (TPSA) is 88.2 Å². The van der Waals surface area contributed by atoms with Crippen LogP contribution >= 0.6 is 0 Å². The SMILES string of the molecule is CC(=O)N1C[NH+]2CN(C(C)=O)CC([N+](=O)[O-])(C1)C2. The molecule has 8 heteroatoms. The summed E-state index contributed by atoms with van der Waals surface area (Å²) >= 11 is 0. The van der Waals surface area contributed by atoms with E-state index in [2.05, 4.69) is 0 Å². The second-order valence-electron chi connectivity index (χ2n) is 5.16. The van der Waals surface area contributed by atoms with Crippen LogP contribution in [0.3, 0.4) is 0 Å². The number of carbonyl (C=O) groups excluding carboxylic acids is 2. The largest absolute Gasteiger partial charge is 0.304 e. The van der Waals surface area contributed by atoms with Crippen molar-refractivity contribution in [2.24, 2.45) is 0 Å². The zero-order valence-electron chi connectivity index (χ0n) is 10.5. The van der Waals surface area contributed by atoms with Gasteiger partial charge >= 0.3 is 5.54 Å². The van der Waals surface area contributed by atoms with E-state index < -0.39 is 5.54 Å². The Hall–Kier alpha value is -1.70. The first-order valence-electron chi connectivity index (χ1n) is 5.83. The summed E-state index contributed by atoms with van der Waals surface area (Å²) in [5.41, 5.74) is -1.22. The standard InChI is InChI=1S/C10H16N4O4/c1-8(15)12-4-10(14(17)18)3-11(6-12)7-13(5-10)9(2)16/h3-7H2,1-2H3/p+1. The van der Waals surface area contributed by atoms with Crippen molar-refractivity contribution < 1.29 is 19.4 Å². The number of hydrogen-bond acceptors (Lipinski definition) is 4. The summed E-state index contributed by atoms with van der Waals surface area (Å²) in [5, 5.41) is 11.3. The third kappa shape index (κ3) is 2.03. The highest BCUT2D eigenvalue weighted by Gasteiger charge is 2.57. The first kappa shape index (κ1) is 12.7. The predicted octanol–water partition coefficient (Wildman–Crippen LogP) is -2.47. The maximum absolute atomic E-state index is 11.4. The van der Waals surface area contributed by atoms with Crippen LogP contribution in [0.25, 0.3) is 0 Å². The van der Waals surface area contributed by atoms with Crippen LogP contribution in [0.2, 0.25) is 0 Å². The van der Waals surface area contributed by atoms with E-state index >= 15 is 0 Å². The molecule has 100 valence electrons. The Kier molecular flexibility index (Phi) is 2.97. The van der Waals surface area contributed by atoms with E-state index in [1.54, 1.807) is 0 Å². The van der Waals surface area contributed by atoms with Gasteiger partial charge in [-0.15, -0.1) is 0 Å². The van der Waals surface area contributed by atoms with Crippen LogP contribution in [0.5, 0.6) is 0 Å². The number of rotatable bonds is 1. The molecule has 2 fully saturated rings. The average molecular weight is 257 g/mol. The van der Waals surface area contributed by atoms with Crippen LogP contribution in [-0.4, -0.2) is 65.0 Å². The summed E-state index contributed by atoms with van der Waals surface area (Å²) in [7, 11) is 0. The fourth-order valence-corrected chi connectivity index (χ4v) is 2.78. The maximum Gasteiger partial charge on any atom is 0.304 e. The fraction of sp³-hybridized carbons (Fsp3) is 0.800. The normalized spacial score (nSPS) is 31.1. The predicted molar refractivity (Wildman–Crippen MR) is 60.1 cm³/mol. The molecule has 2 saturated heterocycles. The molecular formula is C10H17N4O4+. The number of carbonyl (C=O) groups is 2. The molecular weight excluding hydrogens is 240 g/mol. The molecule has 2 amide bonds. The van der Waals surface area contributed by atoms with E-state index in [-0.39, 0.29) is 29.8 Å². The molecule has 0 spiro atoms. The minimum Gasteiger partial charge on any atom is -0.295 e. The van der Waals surface area contributed by atoms with Crippen LogP contribution in [0.4, 0.5) is 0 Å². The van der Waals surface area contributed by atoms with E-state index in [0.29, 0.717) is 19.9 Å². The third-order valence-corrected chi connectivity index (χ3v) is 3.66. The van der Waals surface area contributed by atoms with Gasteiger partial charge in [0.05, 0.1) is 0 Å². The maximum atomic E-state index is 11.4. The van der Waals surface area contributed by atoms with Gasteiger partial charge in [0.2, 0.25) is 11.8 Å². The number of fused-ring (bicyclic) bond motifs is 2. The molecule has 0 aromatic carbocycles. The molecule has 2 aliphatic heterocycles. The van der Waals surface area contributed by atoms with Crippen molar-refractivity contribution in [3.8, 4) is 0 Å². The molecule has 2 bridgehead atoms. The molecule has 0 radical (unpaired) electrons.